The highest BCUT2D eigenvalue weighted by molar-refractivity contribution is 7.71. The number of nitrogens with zero attached hydrogens (tertiary/aromatic N) is 3. The summed E-state index contributed by atoms with van der Waals surface area (Å²) < 4.78 is 8.51. The van der Waals surface area contributed by atoms with Gasteiger partial charge in [-0.1, -0.05) is 0 Å². The first-order valence-corrected chi connectivity index (χ1v) is 5.01. The summed E-state index contributed by atoms with van der Waals surface area (Å²) in [6.07, 6.45) is 3.33. The summed E-state index contributed by atoms with van der Waals surface area (Å²) in [5, 5.41) is 0.502. The molecule has 7 heteroatoms. The quantitative estimate of drug-likeness (QED) is 0.805. The number of hydrogen-bond donors (Lipinski definition) is 1. The van der Waals surface area contributed by atoms with Gasteiger partial charge in [-0.2, -0.15) is 4.98 Å². The predicted molar refractivity (Wildman–Crippen MR) is 53.7 cm³/mol. The van der Waals surface area contributed by atoms with E-state index in [0.29, 0.717) is 22.4 Å². The monoisotopic (exact) mass is 226 g/mol. The van der Waals surface area contributed by atoms with Crippen molar-refractivity contribution < 1.29 is 4.74 Å². The SMILES string of the molecule is S=c1nc(OCc2ncccn2)s[nH]1. The van der Waals surface area contributed by atoms with Crippen molar-refractivity contribution in [3.05, 3.63) is 29.1 Å². The molecule has 1 N–H and O–H groups in total. The lowest BCUT2D eigenvalue weighted by Gasteiger charge is -1.98. The summed E-state index contributed by atoms with van der Waals surface area (Å²) in [5.74, 6) is 0.619. The Labute approximate surface area is 89.0 Å². The summed E-state index contributed by atoms with van der Waals surface area (Å²) >= 11 is 6.05. The van der Waals surface area contributed by atoms with Gasteiger partial charge in [0, 0.05) is 12.4 Å². The van der Waals surface area contributed by atoms with Crippen LogP contribution in [0.25, 0.3) is 0 Å². The Morgan fingerprint density at radius 3 is 2.86 bits per heavy atom. The minimum Gasteiger partial charge on any atom is -0.461 e. The summed E-state index contributed by atoms with van der Waals surface area (Å²) in [4.78, 5) is 11.9. The van der Waals surface area contributed by atoms with Gasteiger partial charge in [0.15, 0.2) is 12.4 Å². The minimum absolute atomic E-state index is 0.303. The molecule has 0 saturated heterocycles. The maximum atomic E-state index is 5.30. The molecule has 2 aromatic rings. The van der Waals surface area contributed by atoms with E-state index in [4.69, 9.17) is 17.0 Å². The smallest absolute Gasteiger partial charge is 0.292 e. The Morgan fingerprint density at radius 2 is 2.21 bits per heavy atom. The average molecular weight is 226 g/mol. The van der Waals surface area contributed by atoms with Crippen LogP contribution in [0.15, 0.2) is 18.5 Å². The molecule has 0 unspecified atom stereocenters. The lowest BCUT2D eigenvalue weighted by Crippen LogP contribution is -1.99. The van der Waals surface area contributed by atoms with Crippen molar-refractivity contribution in [2.45, 2.75) is 6.61 Å². The van der Waals surface area contributed by atoms with Crippen LogP contribution in [-0.4, -0.2) is 19.3 Å². The molecule has 0 spiro atoms. The van der Waals surface area contributed by atoms with E-state index in [1.807, 2.05) is 0 Å². The van der Waals surface area contributed by atoms with E-state index >= 15 is 0 Å². The lowest BCUT2D eigenvalue weighted by atomic mass is 10.6. The number of aromatic nitrogens is 4. The van der Waals surface area contributed by atoms with Gasteiger partial charge < -0.3 is 4.74 Å². The van der Waals surface area contributed by atoms with E-state index in [0.717, 1.165) is 0 Å². The molecule has 0 fully saturated rings. The molecule has 0 saturated carbocycles. The van der Waals surface area contributed by atoms with Crippen LogP contribution in [0, 0.1) is 4.77 Å². The van der Waals surface area contributed by atoms with E-state index in [1.54, 1.807) is 18.5 Å². The van der Waals surface area contributed by atoms with Gasteiger partial charge in [0.2, 0.25) is 4.77 Å². The molecule has 2 aromatic heterocycles. The lowest BCUT2D eigenvalue weighted by molar-refractivity contribution is 0.294. The summed E-state index contributed by atoms with van der Waals surface area (Å²) in [7, 11) is 0. The molecule has 5 nitrogen and oxygen atoms in total. The van der Waals surface area contributed by atoms with Gasteiger partial charge in [0.25, 0.3) is 5.19 Å². The highest BCUT2D eigenvalue weighted by Gasteiger charge is 2.00. The zero-order valence-corrected chi connectivity index (χ0v) is 8.64. The van der Waals surface area contributed by atoms with Crippen LogP contribution in [-0.2, 0) is 6.61 Å². The molecule has 14 heavy (non-hydrogen) atoms. The normalized spacial score (nSPS) is 10.0. The van der Waals surface area contributed by atoms with Crippen molar-refractivity contribution in [3.63, 3.8) is 0 Å². The van der Waals surface area contributed by atoms with Crippen LogP contribution in [0.4, 0.5) is 0 Å². The Hall–Kier alpha value is -1.34. The number of nitrogens with one attached hydrogen (secondary N) is 1. The molecule has 0 aliphatic carbocycles. The fourth-order valence-electron chi connectivity index (χ4n) is 0.808. The predicted octanol–water partition coefficient (Wildman–Crippen LogP) is 1.57. The van der Waals surface area contributed by atoms with Crippen LogP contribution in [0.1, 0.15) is 5.82 Å². The number of rotatable bonds is 3. The van der Waals surface area contributed by atoms with E-state index in [1.165, 1.54) is 11.5 Å². The number of hydrogen-bond acceptors (Lipinski definition) is 6. The molecule has 0 aromatic carbocycles. The second-order valence-electron chi connectivity index (χ2n) is 2.34. The highest BCUT2D eigenvalue weighted by Crippen LogP contribution is 2.12. The molecule has 0 radical (unpaired) electrons. The van der Waals surface area contributed by atoms with Crippen LogP contribution in [0.2, 0.25) is 0 Å². The Morgan fingerprint density at radius 1 is 1.43 bits per heavy atom. The molecule has 0 amide bonds. The Kier molecular flexibility index (Phi) is 2.80. The Balaban J connectivity index is 1.98. The van der Waals surface area contributed by atoms with Crippen molar-refractivity contribution in [2.75, 3.05) is 0 Å². The van der Waals surface area contributed by atoms with Gasteiger partial charge in [-0.05, 0) is 29.8 Å². The van der Waals surface area contributed by atoms with E-state index in [9.17, 15) is 0 Å². The standard InChI is InChI=1S/C7H6N4OS2/c13-6-10-7(14-11-6)12-4-5-8-2-1-3-9-5/h1-3H,4H2,(H,11,13). The first kappa shape index (κ1) is 9.22. The van der Waals surface area contributed by atoms with Gasteiger partial charge in [0.05, 0.1) is 0 Å². The highest BCUT2D eigenvalue weighted by atomic mass is 32.1. The van der Waals surface area contributed by atoms with Crippen molar-refractivity contribution in [3.8, 4) is 5.19 Å². The van der Waals surface area contributed by atoms with Gasteiger partial charge >= 0.3 is 0 Å². The maximum Gasteiger partial charge on any atom is 0.292 e. The molecule has 0 bridgehead atoms. The molecule has 0 aliphatic rings. The molecule has 2 rings (SSSR count). The summed E-state index contributed by atoms with van der Waals surface area (Å²) in [6, 6.07) is 1.75. The number of ether oxygens (including phenoxy) is 1. The van der Waals surface area contributed by atoms with Crippen molar-refractivity contribution in [1.29, 1.82) is 0 Å². The first-order chi connectivity index (χ1) is 6.84. The molecular weight excluding hydrogens is 220 g/mol. The van der Waals surface area contributed by atoms with Gasteiger partial charge in [-0.3, -0.25) is 4.37 Å². The maximum absolute atomic E-state index is 5.30. The zero-order chi connectivity index (χ0) is 9.80. The summed E-state index contributed by atoms with van der Waals surface area (Å²) in [6.45, 7) is 0.303. The fourth-order valence-corrected chi connectivity index (χ4v) is 1.55. The van der Waals surface area contributed by atoms with Crippen molar-refractivity contribution in [2.24, 2.45) is 0 Å². The molecule has 2 heterocycles. The van der Waals surface area contributed by atoms with Crippen LogP contribution < -0.4 is 4.74 Å². The Bertz CT molecular complexity index is 452. The van der Waals surface area contributed by atoms with E-state index in [-0.39, 0.29) is 0 Å². The second kappa shape index (κ2) is 4.25. The van der Waals surface area contributed by atoms with Crippen molar-refractivity contribution in [1.82, 2.24) is 19.3 Å². The minimum atomic E-state index is 0.303. The average Bonchev–Trinajstić information content (AvgIpc) is 2.63. The van der Waals surface area contributed by atoms with Crippen molar-refractivity contribution >= 4 is 23.8 Å². The molecule has 0 aliphatic heterocycles. The number of aromatic amines is 1. The van der Waals surface area contributed by atoms with E-state index < -0.39 is 0 Å². The van der Waals surface area contributed by atoms with Crippen LogP contribution in [0.5, 0.6) is 5.19 Å². The van der Waals surface area contributed by atoms with Crippen LogP contribution >= 0.6 is 23.8 Å². The summed E-state index contributed by atoms with van der Waals surface area (Å²) in [5.41, 5.74) is 0. The zero-order valence-electron chi connectivity index (χ0n) is 7.01. The molecule has 72 valence electrons. The largest absolute Gasteiger partial charge is 0.461 e. The molecular formula is C7H6N4OS2. The van der Waals surface area contributed by atoms with E-state index in [2.05, 4.69) is 19.3 Å². The van der Waals surface area contributed by atoms with Gasteiger partial charge in [0.1, 0.15) is 0 Å². The third kappa shape index (κ3) is 2.33. The van der Waals surface area contributed by atoms with Gasteiger partial charge in [-0.25, -0.2) is 9.97 Å². The third-order valence-corrected chi connectivity index (χ3v) is 2.36. The van der Waals surface area contributed by atoms with Crippen LogP contribution in [0.3, 0.4) is 0 Å². The fraction of sp³-hybridized carbons (Fsp3) is 0.143. The molecule has 0 atom stereocenters. The first-order valence-electron chi connectivity index (χ1n) is 3.79. The topological polar surface area (TPSA) is 63.7 Å². The third-order valence-electron chi connectivity index (χ3n) is 1.36. The second-order valence-corrected chi connectivity index (χ2v) is 3.48. The number of H-pyrrole nitrogens is 1. The van der Waals surface area contributed by atoms with Gasteiger partial charge in [-0.15, -0.1) is 0 Å².